The molecule has 0 nitrogen and oxygen atoms in total. The average Bonchev–Trinajstić information content (AvgIpc) is 2.05. The first-order valence-corrected chi connectivity index (χ1v) is 5.54. The van der Waals surface area contributed by atoms with Gasteiger partial charge in [0.25, 0.3) is 0 Å². The second kappa shape index (κ2) is 5.61. The van der Waals surface area contributed by atoms with Gasteiger partial charge in [-0.1, -0.05) is 54.4 Å². The monoisotopic (exact) mass is 170 g/mol. The minimum absolute atomic E-state index is 0.834. The third-order valence-electron chi connectivity index (χ3n) is 3.67. The van der Waals surface area contributed by atoms with E-state index in [0.29, 0.717) is 0 Å². The van der Waals surface area contributed by atoms with Crippen LogP contribution in [0, 0.1) is 23.7 Å². The van der Waals surface area contributed by atoms with E-state index < -0.39 is 0 Å². The van der Waals surface area contributed by atoms with Crippen molar-refractivity contribution in [3.8, 4) is 0 Å². The Morgan fingerprint density at radius 3 is 1.42 bits per heavy atom. The van der Waals surface area contributed by atoms with Crippen LogP contribution < -0.4 is 0 Å². The van der Waals surface area contributed by atoms with Gasteiger partial charge in [-0.2, -0.15) is 0 Å². The Hall–Kier alpha value is 0. The van der Waals surface area contributed by atoms with Crippen LogP contribution in [-0.2, 0) is 0 Å². The summed E-state index contributed by atoms with van der Waals surface area (Å²) < 4.78 is 0. The first kappa shape index (κ1) is 12.0. The van der Waals surface area contributed by atoms with Gasteiger partial charge in [0, 0.05) is 0 Å². The molecule has 0 radical (unpaired) electrons. The maximum atomic E-state index is 2.42. The molecule has 0 aliphatic heterocycles. The molecule has 0 fully saturated rings. The number of hydrogen-bond donors (Lipinski definition) is 0. The molecule has 0 spiro atoms. The molecular formula is C12H26. The predicted octanol–water partition coefficient (Wildman–Crippen LogP) is 4.35. The molecule has 0 rings (SSSR count). The molecule has 0 aromatic heterocycles. The van der Waals surface area contributed by atoms with Crippen molar-refractivity contribution in [3.05, 3.63) is 0 Å². The van der Waals surface area contributed by atoms with Gasteiger partial charge >= 0.3 is 0 Å². The van der Waals surface area contributed by atoms with Crippen LogP contribution in [0.2, 0.25) is 0 Å². The van der Waals surface area contributed by atoms with E-state index in [2.05, 4.69) is 41.5 Å². The molecule has 0 saturated carbocycles. The summed E-state index contributed by atoms with van der Waals surface area (Å²) in [5, 5.41) is 0. The van der Waals surface area contributed by atoms with E-state index in [-0.39, 0.29) is 0 Å². The van der Waals surface area contributed by atoms with E-state index in [1.54, 1.807) is 0 Å². The van der Waals surface area contributed by atoms with Gasteiger partial charge in [0.05, 0.1) is 0 Å². The molecule has 0 aliphatic rings. The highest BCUT2D eigenvalue weighted by atomic mass is 14.3. The number of hydrogen-bond acceptors (Lipinski definition) is 0. The Balaban J connectivity index is 4.05. The molecule has 2 unspecified atom stereocenters. The van der Waals surface area contributed by atoms with Crippen molar-refractivity contribution in [2.24, 2.45) is 23.7 Å². The lowest BCUT2D eigenvalue weighted by Gasteiger charge is -2.29. The van der Waals surface area contributed by atoms with Gasteiger partial charge < -0.3 is 0 Å². The second-order valence-electron chi connectivity index (χ2n) is 4.54. The topological polar surface area (TPSA) is 0 Å². The summed E-state index contributed by atoms with van der Waals surface area (Å²) in [5.74, 6) is 3.53. The molecule has 0 heterocycles. The minimum atomic E-state index is 0.834. The SMILES string of the molecule is CCC(CC)C(C)C(C)C(C)C. The summed E-state index contributed by atoms with van der Waals surface area (Å²) in [6, 6.07) is 0. The molecule has 0 N–H and O–H groups in total. The van der Waals surface area contributed by atoms with E-state index in [1.807, 2.05) is 0 Å². The molecule has 2 atom stereocenters. The largest absolute Gasteiger partial charge is 0.0651 e. The van der Waals surface area contributed by atoms with Crippen LogP contribution in [0.25, 0.3) is 0 Å². The van der Waals surface area contributed by atoms with Crippen molar-refractivity contribution in [1.29, 1.82) is 0 Å². The molecule has 0 heteroatoms. The van der Waals surface area contributed by atoms with Crippen molar-refractivity contribution < 1.29 is 0 Å². The van der Waals surface area contributed by atoms with E-state index in [4.69, 9.17) is 0 Å². The molecular weight excluding hydrogens is 144 g/mol. The lowest BCUT2D eigenvalue weighted by atomic mass is 9.76. The van der Waals surface area contributed by atoms with Crippen molar-refractivity contribution in [3.63, 3.8) is 0 Å². The summed E-state index contributed by atoms with van der Waals surface area (Å²) in [4.78, 5) is 0. The molecule has 0 aromatic carbocycles. The molecule has 0 aliphatic carbocycles. The third-order valence-corrected chi connectivity index (χ3v) is 3.67. The summed E-state index contributed by atoms with van der Waals surface area (Å²) in [6.07, 6.45) is 2.68. The lowest BCUT2D eigenvalue weighted by molar-refractivity contribution is 0.201. The Kier molecular flexibility index (Phi) is 5.61. The first-order chi connectivity index (χ1) is 5.54. The zero-order valence-electron chi connectivity index (χ0n) is 9.72. The quantitative estimate of drug-likeness (QED) is 0.575. The summed E-state index contributed by atoms with van der Waals surface area (Å²) in [6.45, 7) is 14.1. The van der Waals surface area contributed by atoms with E-state index in [1.165, 1.54) is 12.8 Å². The zero-order valence-corrected chi connectivity index (χ0v) is 9.72. The van der Waals surface area contributed by atoms with Gasteiger partial charge in [-0.15, -0.1) is 0 Å². The smallest absolute Gasteiger partial charge is 0.0386 e. The van der Waals surface area contributed by atoms with E-state index in [0.717, 1.165) is 23.7 Å². The van der Waals surface area contributed by atoms with Gasteiger partial charge in [-0.05, 0) is 23.7 Å². The van der Waals surface area contributed by atoms with Gasteiger partial charge in [-0.3, -0.25) is 0 Å². The maximum Gasteiger partial charge on any atom is -0.0386 e. The van der Waals surface area contributed by atoms with Crippen LogP contribution in [0.3, 0.4) is 0 Å². The molecule has 0 aromatic rings. The Bertz CT molecular complexity index is 98.6. The van der Waals surface area contributed by atoms with Crippen LogP contribution in [0.4, 0.5) is 0 Å². The standard InChI is InChI=1S/C12H26/c1-7-12(8-2)11(6)10(5)9(3)4/h9-12H,7-8H2,1-6H3. The summed E-state index contributed by atoms with van der Waals surface area (Å²) in [5.41, 5.74) is 0. The van der Waals surface area contributed by atoms with Crippen molar-refractivity contribution in [2.45, 2.75) is 54.4 Å². The zero-order chi connectivity index (χ0) is 9.72. The van der Waals surface area contributed by atoms with Gasteiger partial charge in [-0.25, -0.2) is 0 Å². The normalized spacial score (nSPS) is 17.0. The fourth-order valence-electron chi connectivity index (χ4n) is 2.07. The highest BCUT2D eigenvalue weighted by molar-refractivity contribution is 4.71. The maximum absolute atomic E-state index is 2.42. The highest BCUT2D eigenvalue weighted by Gasteiger charge is 2.21. The van der Waals surface area contributed by atoms with Crippen LogP contribution in [0.15, 0.2) is 0 Å². The van der Waals surface area contributed by atoms with Crippen molar-refractivity contribution in [1.82, 2.24) is 0 Å². The Labute approximate surface area is 78.8 Å². The van der Waals surface area contributed by atoms with Gasteiger partial charge in [0.15, 0.2) is 0 Å². The van der Waals surface area contributed by atoms with E-state index >= 15 is 0 Å². The molecule has 0 saturated heterocycles. The summed E-state index contributed by atoms with van der Waals surface area (Å²) >= 11 is 0. The second-order valence-corrected chi connectivity index (χ2v) is 4.54. The first-order valence-electron chi connectivity index (χ1n) is 5.54. The van der Waals surface area contributed by atoms with Gasteiger partial charge in [0.2, 0.25) is 0 Å². The fraction of sp³-hybridized carbons (Fsp3) is 1.00. The average molecular weight is 170 g/mol. The van der Waals surface area contributed by atoms with Crippen LogP contribution >= 0.6 is 0 Å². The van der Waals surface area contributed by atoms with Crippen LogP contribution in [0.5, 0.6) is 0 Å². The predicted molar refractivity (Wildman–Crippen MR) is 57.2 cm³/mol. The van der Waals surface area contributed by atoms with Crippen molar-refractivity contribution >= 4 is 0 Å². The fourth-order valence-corrected chi connectivity index (χ4v) is 2.07. The van der Waals surface area contributed by atoms with Gasteiger partial charge in [0.1, 0.15) is 0 Å². The number of rotatable bonds is 5. The molecule has 0 bridgehead atoms. The minimum Gasteiger partial charge on any atom is -0.0651 e. The third kappa shape index (κ3) is 3.16. The molecule has 12 heavy (non-hydrogen) atoms. The van der Waals surface area contributed by atoms with E-state index in [9.17, 15) is 0 Å². The Morgan fingerprint density at radius 1 is 0.750 bits per heavy atom. The highest BCUT2D eigenvalue weighted by Crippen LogP contribution is 2.30. The molecule has 0 amide bonds. The lowest BCUT2D eigenvalue weighted by Crippen LogP contribution is -2.21. The van der Waals surface area contributed by atoms with Crippen molar-refractivity contribution in [2.75, 3.05) is 0 Å². The van der Waals surface area contributed by atoms with Crippen LogP contribution in [0.1, 0.15) is 54.4 Å². The molecule has 74 valence electrons. The summed E-state index contributed by atoms with van der Waals surface area (Å²) in [7, 11) is 0. The van der Waals surface area contributed by atoms with Crippen LogP contribution in [-0.4, -0.2) is 0 Å². The Morgan fingerprint density at radius 2 is 1.17 bits per heavy atom.